The molecule has 3 heteroatoms. The summed E-state index contributed by atoms with van der Waals surface area (Å²) in [5, 5.41) is 3.22. The minimum absolute atomic E-state index is 0.119. The van der Waals surface area contributed by atoms with Gasteiger partial charge in [0, 0.05) is 26.1 Å². The van der Waals surface area contributed by atoms with Crippen LogP contribution in [0.15, 0.2) is 0 Å². The summed E-state index contributed by atoms with van der Waals surface area (Å²) in [6.45, 7) is 4.73. The Morgan fingerprint density at radius 2 is 2.45 bits per heavy atom. The fraction of sp³-hybridized carbons (Fsp3) is 0.875. The number of likely N-dealkylation sites (N-methyl/N-ethyl adjacent to an activating group) is 1. The molecule has 0 aliphatic carbocycles. The van der Waals surface area contributed by atoms with Crippen molar-refractivity contribution in [2.24, 2.45) is 0 Å². The minimum Gasteiger partial charge on any atom is -0.313 e. The number of carbonyl (C=O) groups excluding carboxylic acids is 1. The van der Waals surface area contributed by atoms with Crippen molar-refractivity contribution < 1.29 is 4.79 Å². The maximum absolute atomic E-state index is 11.3. The van der Waals surface area contributed by atoms with Gasteiger partial charge in [0.05, 0.1) is 6.04 Å². The maximum atomic E-state index is 11.3. The van der Waals surface area contributed by atoms with Crippen molar-refractivity contribution in [3.05, 3.63) is 0 Å². The molecule has 0 radical (unpaired) electrons. The van der Waals surface area contributed by atoms with Crippen LogP contribution in [0.5, 0.6) is 0 Å². The number of piperazine rings is 1. The lowest BCUT2D eigenvalue weighted by Gasteiger charge is -2.31. The molecular formula is C8H16N2O. The minimum atomic E-state index is 0.119. The molecule has 11 heavy (non-hydrogen) atoms. The Morgan fingerprint density at radius 3 is 3.00 bits per heavy atom. The zero-order valence-electron chi connectivity index (χ0n) is 7.26. The lowest BCUT2D eigenvalue weighted by molar-refractivity contribution is -0.124. The Bertz CT molecular complexity index is 147. The van der Waals surface area contributed by atoms with Gasteiger partial charge in [0.1, 0.15) is 0 Å². The Hall–Kier alpha value is -0.410. The average Bonchev–Trinajstić information content (AvgIpc) is 2.04. The molecular weight excluding hydrogens is 140 g/mol. The van der Waals surface area contributed by atoms with Crippen LogP contribution in [-0.4, -0.2) is 43.4 Å². The third-order valence-corrected chi connectivity index (χ3v) is 2.23. The van der Waals surface area contributed by atoms with Gasteiger partial charge in [-0.3, -0.25) is 9.69 Å². The van der Waals surface area contributed by atoms with E-state index in [1.165, 1.54) is 0 Å². The summed E-state index contributed by atoms with van der Waals surface area (Å²) in [6, 6.07) is 0.119. The van der Waals surface area contributed by atoms with Crippen LogP contribution in [0.4, 0.5) is 0 Å². The lowest BCUT2D eigenvalue weighted by Crippen LogP contribution is -2.52. The van der Waals surface area contributed by atoms with Gasteiger partial charge >= 0.3 is 0 Å². The van der Waals surface area contributed by atoms with Gasteiger partial charge in [0.2, 0.25) is 0 Å². The van der Waals surface area contributed by atoms with E-state index >= 15 is 0 Å². The maximum Gasteiger partial charge on any atom is 0.150 e. The highest BCUT2D eigenvalue weighted by Gasteiger charge is 2.23. The van der Waals surface area contributed by atoms with Crippen LogP contribution in [0, 0.1) is 0 Å². The average molecular weight is 156 g/mol. The highest BCUT2D eigenvalue weighted by Crippen LogP contribution is 2.02. The van der Waals surface area contributed by atoms with Crippen LogP contribution < -0.4 is 5.32 Å². The number of hydrogen-bond donors (Lipinski definition) is 1. The molecule has 1 heterocycles. The molecule has 0 aromatic rings. The van der Waals surface area contributed by atoms with Crippen LogP contribution >= 0.6 is 0 Å². The molecule has 1 saturated heterocycles. The first kappa shape index (κ1) is 8.68. The van der Waals surface area contributed by atoms with Crippen LogP contribution in [0.2, 0.25) is 0 Å². The van der Waals surface area contributed by atoms with Crippen molar-refractivity contribution in [1.29, 1.82) is 0 Å². The van der Waals surface area contributed by atoms with Gasteiger partial charge in [-0.25, -0.2) is 0 Å². The van der Waals surface area contributed by atoms with Crippen LogP contribution in [0.3, 0.4) is 0 Å². The summed E-state index contributed by atoms with van der Waals surface area (Å²) in [6.07, 6.45) is 0.649. The number of ketones is 1. The van der Waals surface area contributed by atoms with Crippen LogP contribution in [0.25, 0.3) is 0 Å². The second-order valence-corrected chi connectivity index (χ2v) is 3.02. The Kier molecular flexibility index (Phi) is 3.02. The first-order valence-electron chi connectivity index (χ1n) is 4.19. The second kappa shape index (κ2) is 3.83. The van der Waals surface area contributed by atoms with E-state index in [9.17, 15) is 4.79 Å². The molecule has 3 nitrogen and oxygen atoms in total. The van der Waals surface area contributed by atoms with E-state index in [1.807, 2.05) is 14.0 Å². The summed E-state index contributed by atoms with van der Waals surface area (Å²) < 4.78 is 0. The molecule has 0 amide bonds. The van der Waals surface area contributed by atoms with E-state index < -0.39 is 0 Å². The number of nitrogens with one attached hydrogen (secondary N) is 1. The highest BCUT2D eigenvalue weighted by molar-refractivity contribution is 5.84. The van der Waals surface area contributed by atoms with Crippen molar-refractivity contribution in [2.45, 2.75) is 19.4 Å². The number of carbonyl (C=O) groups is 1. The molecule has 1 unspecified atom stereocenters. The highest BCUT2D eigenvalue weighted by atomic mass is 16.1. The molecule has 0 spiro atoms. The first-order valence-corrected chi connectivity index (χ1v) is 4.19. The Balaban J connectivity index is 2.47. The summed E-state index contributed by atoms with van der Waals surface area (Å²) in [5.74, 6) is 0.347. The molecule has 1 fully saturated rings. The third kappa shape index (κ3) is 2.01. The van der Waals surface area contributed by atoms with Crippen molar-refractivity contribution >= 4 is 5.78 Å². The summed E-state index contributed by atoms with van der Waals surface area (Å²) in [4.78, 5) is 13.4. The number of rotatable bonds is 2. The van der Waals surface area contributed by atoms with E-state index in [4.69, 9.17) is 0 Å². The number of nitrogens with zero attached hydrogens (tertiary/aromatic N) is 1. The number of Topliss-reactive ketones (excluding diaryl/α,β-unsaturated/α-hetero) is 1. The van der Waals surface area contributed by atoms with E-state index in [0.29, 0.717) is 12.2 Å². The SMILES string of the molecule is CCC(=O)C1CNCCN1C. The molecule has 1 aliphatic rings. The normalized spacial score (nSPS) is 26.9. The Labute approximate surface area is 67.8 Å². The predicted molar refractivity (Wildman–Crippen MR) is 44.6 cm³/mol. The second-order valence-electron chi connectivity index (χ2n) is 3.02. The monoisotopic (exact) mass is 156 g/mol. The van der Waals surface area contributed by atoms with Gasteiger partial charge in [0.25, 0.3) is 0 Å². The van der Waals surface area contributed by atoms with Gasteiger partial charge in [-0.15, -0.1) is 0 Å². The lowest BCUT2D eigenvalue weighted by atomic mass is 10.1. The molecule has 1 N–H and O–H groups in total. The summed E-state index contributed by atoms with van der Waals surface area (Å²) >= 11 is 0. The van der Waals surface area contributed by atoms with Crippen molar-refractivity contribution in [2.75, 3.05) is 26.7 Å². The van der Waals surface area contributed by atoms with E-state index in [-0.39, 0.29) is 6.04 Å². The van der Waals surface area contributed by atoms with Gasteiger partial charge in [0.15, 0.2) is 5.78 Å². The molecule has 1 atom stereocenters. The summed E-state index contributed by atoms with van der Waals surface area (Å²) in [7, 11) is 2.01. The van der Waals surface area contributed by atoms with Gasteiger partial charge in [-0.1, -0.05) is 6.92 Å². The molecule has 64 valence electrons. The summed E-state index contributed by atoms with van der Waals surface area (Å²) in [5.41, 5.74) is 0. The van der Waals surface area contributed by atoms with Gasteiger partial charge in [-0.2, -0.15) is 0 Å². The molecule has 0 aromatic carbocycles. The largest absolute Gasteiger partial charge is 0.313 e. The first-order chi connectivity index (χ1) is 5.25. The van der Waals surface area contributed by atoms with Crippen molar-refractivity contribution in [3.8, 4) is 0 Å². The smallest absolute Gasteiger partial charge is 0.150 e. The van der Waals surface area contributed by atoms with Gasteiger partial charge in [-0.05, 0) is 7.05 Å². The van der Waals surface area contributed by atoms with Crippen LogP contribution in [0.1, 0.15) is 13.3 Å². The third-order valence-electron chi connectivity index (χ3n) is 2.23. The Morgan fingerprint density at radius 1 is 1.73 bits per heavy atom. The predicted octanol–water partition coefficient (Wildman–Crippen LogP) is -0.131. The van der Waals surface area contributed by atoms with E-state index in [2.05, 4.69) is 10.2 Å². The fourth-order valence-corrected chi connectivity index (χ4v) is 1.40. The van der Waals surface area contributed by atoms with Gasteiger partial charge < -0.3 is 5.32 Å². The zero-order valence-corrected chi connectivity index (χ0v) is 7.26. The fourth-order valence-electron chi connectivity index (χ4n) is 1.40. The molecule has 0 bridgehead atoms. The molecule has 0 aromatic heterocycles. The van der Waals surface area contributed by atoms with E-state index in [0.717, 1.165) is 19.6 Å². The quantitative estimate of drug-likeness (QED) is 0.604. The van der Waals surface area contributed by atoms with Crippen molar-refractivity contribution in [3.63, 3.8) is 0 Å². The zero-order chi connectivity index (χ0) is 8.27. The van der Waals surface area contributed by atoms with E-state index in [1.54, 1.807) is 0 Å². The van der Waals surface area contributed by atoms with Crippen molar-refractivity contribution in [1.82, 2.24) is 10.2 Å². The topological polar surface area (TPSA) is 32.3 Å². The molecule has 1 rings (SSSR count). The standard InChI is InChI=1S/C8H16N2O/c1-3-8(11)7-6-9-4-5-10(7)2/h7,9H,3-6H2,1-2H3. The number of hydrogen-bond acceptors (Lipinski definition) is 3. The van der Waals surface area contributed by atoms with Crippen LogP contribution in [-0.2, 0) is 4.79 Å². The molecule has 1 aliphatic heterocycles. The molecule has 0 saturated carbocycles.